The molecule has 0 aliphatic carbocycles. The molecule has 0 aliphatic rings. The number of rotatable bonds is 4. The minimum absolute atomic E-state index is 0.331. The molecule has 76 valence electrons. The Morgan fingerprint density at radius 2 is 2.36 bits per heavy atom. The second kappa shape index (κ2) is 5.00. The number of carbonyl (C=O) groups is 1. The number of thioether (sulfide) groups is 1. The fraction of sp³-hybridized carbons (Fsp3) is 0.400. The van der Waals surface area contributed by atoms with Gasteiger partial charge in [-0.05, 0) is 19.1 Å². The largest absolute Gasteiger partial charge is 0.481 e. The summed E-state index contributed by atoms with van der Waals surface area (Å²) in [6.45, 7) is 3.62. The highest BCUT2D eigenvalue weighted by Crippen LogP contribution is 2.18. The van der Waals surface area contributed by atoms with Crippen LogP contribution in [-0.2, 0) is 4.79 Å². The predicted octanol–water partition coefficient (Wildman–Crippen LogP) is 2.20. The number of aryl methyl sites for hydroxylation is 1. The van der Waals surface area contributed by atoms with Crippen molar-refractivity contribution in [1.82, 2.24) is 4.98 Å². The van der Waals surface area contributed by atoms with Crippen LogP contribution in [0, 0.1) is 12.8 Å². The Bertz CT molecular complexity index is 328. The molecule has 0 bridgehead atoms. The molecule has 0 amide bonds. The normalized spacial score (nSPS) is 12.4. The van der Waals surface area contributed by atoms with Crippen molar-refractivity contribution in [1.29, 1.82) is 0 Å². The monoisotopic (exact) mass is 211 g/mol. The van der Waals surface area contributed by atoms with Crippen molar-refractivity contribution in [3.63, 3.8) is 0 Å². The van der Waals surface area contributed by atoms with Gasteiger partial charge >= 0.3 is 5.97 Å². The molecule has 1 unspecified atom stereocenters. The summed E-state index contributed by atoms with van der Waals surface area (Å²) in [5, 5.41) is 9.57. The molecule has 3 nitrogen and oxygen atoms in total. The number of nitrogens with zero attached hydrogens (tertiary/aromatic N) is 1. The van der Waals surface area contributed by atoms with E-state index in [9.17, 15) is 4.79 Å². The van der Waals surface area contributed by atoms with Gasteiger partial charge in [-0.3, -0.25) is 4.79 Å². The first-order valence-corrected chi connectivity index (χ1v) is 5.37. The molecule has 1 N–H and O–H groups in total. The highest BCUT2D eigenvalue weighted by molar-refractivity contribution is 7.99. The van der Waals surface area contributed by atoms with Crippen LogP contribution in [0.15, 0.2) is 23.2 Å². The number of hydrogen-bond donors (Lipinski definition) is 1. The standard InChI is InChI=1S/C10H13NO2S/c1-7(10(12)13)6-14-9-5-3-4-8(2)11-9/h3-5,7H,6H2,1-2H3,(H,12,13). The molecule has 0 aliphatic heterocycles. The summed E-state index contributed by atoms with van der Waals surface area (Å²) >= 11 is 1.48. The minimum Gasteiger partial charge on any atom is -0.481 e. The summed E-state index contributed by atoms with van der Waals surface area (Å²) in [4.78, 5) is 14.8. The minimum atomic E-state index is -0.759. The van der Waals surface area contributed by atoms with E-state index in [4.69, 9.17) is 5.11 Å². The fourth-order valence-electron chi connectivity index (χ4n) is 0.880. The van der Waals surface area contributed by atoms with Gasteiger partial charge in [0.15, 0.2) is 0 Å². The zero-order valence-electron chi connectivity index (χ0n) is 8.23. The smallest absolute Gasteiger partial charge is 0.307 e. The van der Waals surface area contributed by atoms with Crippen LogP contribution >= 0.6 is 11.8 Å². The molecule has 0 saturated heterocycles. The summed E-state index contributed by atoms with van der Waals surface area (Å²) in [5.74, 6) is -0.529. The molecule has 0 radical (unpaired) electrons. The van der Waals surface area contributed by atoms with E-state index in [1.54, 1.807) is 6.92 Å². The average molecular weight is 211 g/mol. The first-order chi connectivity index (χ1) is 6.59. The molecule has 1 rings (SSSR count). The van der Waals surface area contributed by atoms with E-state index >= 15 is 0 Å². The van der Waals surface area contributed by atoms with E-state index in [1.165, 1.54) is 11.8 Å². The Kier molecular flexibility index (Phi) is 3.95. The van der Waals surface area contributed by atoms with Gasteiger partial charge in [-0.1, -0.05) is 13.0 Å². The molecular weight excluding hydrogens is 198 g/mol. The van der Waals surface area contributed by atoms with Crippen molar-refractivity contribution in [3.8, 4) is 0 Å². The van der Waals surface area contributed by atoms with Gasteiger partial charge in [0.25, 0.3) is 0 Å². The molecule has 0 aromatic carbocycles. The lowest BCUT2D eigenvalue weighted by atomic mass is 10.2. The Hall–Kier alpha value is -1.03. The zero-order valence-corrected chi connectivity index (χ0v) is 9.04. The summed E-state index contributed by atoms with van der Waals surface area (Å²) in [5.41, 5.74) is 0.956. The van der Waals surface area contributed by atoms with E-state index in [1.807, 2.05) is 25.1 Å². The lowest BCUT2D eigenvalue weighted by Gasteiger charge is -2.05. The van der Waals surface area contributed by atoms with Crippen LogP contribution in [0.4, 0.5) is 0 Å². The molecule has 1 heterocycles. The maximum atomic E-state index is 10.6. The van der Waals surface area contributed by atoms with Crippen LogP contribution in [0.2, 0.25) is 0 Å². The second-order valence-corrected chi connectivity index (χ2v) is 4.21. The van der Waals surface area contributed by atoms with Gasteiger partial charge in [0.1, 0.15) is 0 Å². The third-order valence-electron chi connectivity index (χ3n) is 1.77. The summed E-state index contributed by atoms with van der Waals surface area (Å²) in [7, 11) is 0. The number of pyridine rings is 1. The number of hydrogen-bond acceptors (Lipinski definition) is 3. The molecule has 1 aromatic heterocycles. The molecule has 4 heteroatoms. The number of aliphatic carboxylic acids is 1. The number of aromatic nitrogens is 1. The Morgan fingerprint density at radius 1 is 1.64 bits per heavy atom. The lowest BCUT2D eigenvalue weighted by Crippen LogP contribution is -2.11. The second-order valence-electron chi connectivity index (χ2n) is 3.17. The van der Waals surface area contributed by atoms with Crippen LogP contribution in [0.25, 0.3) is 0 Å². The molecular formula is C10H13NO2S. The predicted molar refractivity (Wildman–Crippen MR) is 56.5 cm³/mol. The van der Waals surface area contributed by atoms with E-state index in [0.29, 0.717) is 5.75 Å². The highest BCUT2D eigenvalue weighted by Gasteiger charge is 2.11. The van der Waals surface area contributed by atoms with Gasteiger partial charge in [0, 0.05) is 11.4 Å². The number of carboxylic acid groups (broad SMARTS) is 1. The molecule has 0 spiro atoms. The maximum Gasteiger partial charge on any atom is 0.307 e. The van der Waals surface area contributed by atoms with Gasteiger partial charge in [-0.2, -0.15) is 0 Å². The first kappa shape index (κ1) is 11.0. The van der Waals surface area contributed by atoms with Crippen molar-refractivity contribution < 1.29 is 9.90 Å². The van der Waals surface area contributed by atoms with Crippen molar-refractivity contribution in [2.75, 3.05) is 5.75 Å². The molecule has 1 atom stereocenters. The van der Waals surface area contributed by atoms with Crippen molar-refractivity contribution >= 4 is 17.7 Å². The van der Waals surface area contributed by atoms with Gasteiger partial charge in [-0.25, -0.2) is 4.98 Å². The SMILES string of the molecule is Cc1cccc(SCC(C)C(=O)O)n1. The highest BCUT2D eigenvalue weighted by atomic mass is 32.2. The van der Waals surface area contributed by atoms with Crippen LogP contribution in [0.1, 0.15) is 12.6 Å². The third kappa shape index (κ3) is 3.38. The summed E-state index contributed by atoms with van der Waals surface area (Å²) in [6, 6.07) is 5.74. The van der Waals surface area contributed by atoms with Crippen LogP contribution < -0.4 is 0 Å². The first-order valence-electron chi connectivity index (χ1n) is 4.39. The van der Waals surface area contributed by atoms with Crippen LogP contribution in [0.5, 0.6) is 0 Å². The van der Waals surface area contributed by atoms with E-state index in [-0.39, 0.29) is 5.92 Å². The van der Waals surface area contributed by atoms with Crippen molar-refractivity contribution in [2.24, 2.45) is 5.92 Å². The van der Waals surface area contributed by atoms with Crippen molar-refractivity contribution in [2.45, 2.75) is 18.9 Å². The fourth-order valence-corrected chi connectivity index (χ4v) is 1.83. The number of carboxylic acids is 1. The average Bonchev–Trinajstić information content (AvgIpc) is 2.14. The Morgan fingerprint density at radius 3 is 2.93 bits per heavy atom. The van der Waals surface area contributed by atoms with E-state index in [2.05, 4.69) is 4.98 Å². The topological polar surface area (TPSA) is 50.2 Å². The molecule has 1 aromatic rings. The van der Waals surface area contributed by atoms with E-state index in [0.717, 1.165) is 10.7 Å². The van der Waals surface area contributed by atoms with Gasteiger partial charge < -0.3 is 5.11 Å². The summed E-state index contributed by atoms with van der Waals surface area (Å²) < 4.78 is 0. The van der Waals surface area contributed by atoms with Crippen LogP contribution in [-0.4, -0.2) is 21.8 Å². The molecule has 0 fully saturated rings. The van der Waals surface area contributed by atoms with Gasteiger partial charge in [0.2, 0.25) is 0 Å². The Labute approximate surface area is 87.6 Å². The molecule has 0 saturated carbocycles. The third-order valence-corrected chi connectivity index (χ3v) is 2.96. The van der Waals surface area contributed by atoms with Crippen LogP contribution in [0.3, 0.4) is 0 Å². The van der Waals surface area contributed by atoms with Crippen molar-refractivity contribution in [3.05, 3.63) is 23.9 Å². The maximum absolute atomic E-state index is 10.6. The summed E-state index contributed by atoms with van der Waals surface area (Å²) in [6.07, 6.45) is 0. The van der Waals surface area contributed by atoms with E-state index < -0.39 is 5.97 Å². The Balaban J connectivity index is 2.49. The lowest BCUT2D eigenvalue weighted by molar-refractivity contribution is -0.140. The molecule has 14 heavy (non-hydrogen) atoms. The zero-order chi connectivity index (χ0) is 10.6. The quantitative estimate of drug-likeness (QED) is 0.776. The van der Waals surface area contributed by atoms with Gasteiger partial charge in [0.05, 0.1) is 10.9 Å². The van der Waals surface area contributed by atoms with Gasteiger partial charge in [-0.15, -0.1) is 11.8 Å².